The first-order valence-corrected chi connectivity index (χ1v) is 9.65. The number of nitrogens with zero attached hydrogens (tertiary/aromatic N) is 1. The predicted octanol–water partition coefficient (Wildman–Crippen LogP) is 4.40. The van der Waals surface area contributed by atoms with E-state index in [9.17, 15) is 4.79 Å². The maximum Gasteiger partial charge on any atom is 0.410 e. The molecule has 0 bridgehead atoms. The number of carbonyl (C=O) groups is 1. The molecule has 0 aromatic heterocycles. The number of carbonyl (C=O) groups excluding carboxylic acids is 1. The number of amides is 1. The van der Waals surface area contributed by atoms with E-state index >= 15 is 0 Å². The quantitative estimate of drug-likeness (QED) is 0.642. The van der Waals surface area contributed by atoms with Gasteiger partial charge in [-0.1, -0.05) is 30.3 Å². The Labute approximate surface area is 157 Å². The molecule has 0 spiro atoms. The van der Waals surface area contributed by atoms with Crippen molar-refractivity contribution in [1.29, 1.82) is 0 Å². The van der Waals surface area contributed by atoms with E-state index in [1.54, 1.807) is 4.90 Å². The largest absolute Gasteiger partial charge is 0.444 e. The highest BCUT2D eigenvalue weighted by molar-refractivity contribution is 5.68. The fourth-order valence-corrected chi connectivity index (χ4v) is 2.85. The zero-order chi connectivity index (χ0) is 18.8. The molecule has 1 fully saturated rings. The van der Waals surface area contributed by atoms with Gasteiger partial charge >= 0.3 is 6.09 Å². The minimum atomic E-state index is -0.437. The number of piperidine rings is 1. The summed E-state index contributed by atoms with van der Waals surface area (Å²) in [6.45, 7) is 9.28. The first kappa shape index (κ1) is 20.7. The molecule has 1 saturated heterocycles. The molecule has 5 nitrogen and oxygen atoms in total. The zero-order valence-electron chi connectivity index (χ0n) is 16.4. The summed E-state index contributed by atoms with van der Waals surface area (Å²) in [4.78, 5) is 13.8. The Balaban J connectivity index is 1.48. The summed E-state index contributed by atoms with van der Waals surface area (Å²) in [6, 6.07) is 10.2. The molecule has 0 radical (unpaired) electrons. The Bertz CT molecular complexity index is 519. The van der Waals surface area contributed by atoms with Crippen molar-refractivity contribution in [1.82, 2.24) is 4.90 Å². The zero-order valence-corrected chi connectivity index (χ0v) is 16.4. The van der Waals surface area contributed by atoms with Gasteiger partial charge in [-0.2, -0.15) is 0 Å². The Morgan fingerprint density at radius 2 is 1.73 bits per heavy atom. The average molecular weight is 363 g/mol. The van der Waals surface area contributed by atoms with E-state index in [-0.39, 0.29) is 12.2 Å². The fourth-order valence-electron chi connectivity index (χ4n) is 2.85. The molecule has 1 heterocycles. The van der Waals surface area contributed by atoms with Crippen molar-refractivity contribution in [3.05, 3.63) is 35.9 Å². The van der Waals surface area contributed by atoms with Gasteiger partial charge in [0.2, 0.25) is 0 Å². The first-order chi connectivity index (χ1) is 12.4. The summed E-state index contributed by atoms with van der Waals surface area (Å²) in [5.74, 6) is 0. The Kier molecular flexibility index (Phi) is 8.39. The third-order valence-corrected chi connectivity index (χ3v) is 4.24. The highest BCUT2D eigenvalue weighted by atomic mass is 16.6. The number of unbranched alkanes of at least 4 members (excludes halogenated alkanes) is 1. The maximum absolute atomic E-state index is 12.0. The van der Waals surface area contributed by atoms with Crippen LogP contribution in [0.3, 0.4) is 0 Å². The molecule has 2 rings (SSSR count). The minimum Gasteiger partial charge on any atom is -0.444 e. The molecule has 0 unspecified atom stereocenters. The lowest BCUT2D eigenvalue weighted by molar-refractivity contribution is -0.0133. The third-order valence-electron chi connectivity index (χ3n) is 4.24. The Morgan fingerprint density at radius 3 is 2.38 bits per heavy atom. The highest BCUT2D eigenvalue weighted by Crippen LogP contribution is 2.17. The number of hydrogen-bond acceptors (Lipinski definition) is 4. The van der Waals surface area contributed by atoms with Gasteiger partial charge < -0.3 is 19.1 Å². The van der Waals surface area contributed by atoms with Crippen molar-refractivity contribution in [3.63, 3.8) is 0 Å². The average Bonchev–Trinajstić information content (AvgIpc) is 2.61. The summed E-state index contributed by atoms with van der Waals surface area (Å²) in [5.41, 5.74) is 0.771. The van der Waals surface area contributed by atoms with Crippen LogP contribution in [0.25, 0.3) is 0 Å². The molecular weight excluding hydrogens is 330 g/mol. The van der Waals surface area contributed by atoms with E-state index in [0.717, 1.165) is 38.9 Å². The summed E-state index contributed by atoms with van der Waals surface area (Å²) < 4.78 is 17.0. The highest BCUT2D eigenvalue weighted by Gasteiger charge is 2.26. The minimum absolute atomic E-state index is 0.216. The summed E-state index contributed by atoms with van der Waals surface area (Å²) in [7, 11) is 0. The van der Waals surface area contributed by atoms with Crippen LogP contribution in [-0.2, 0) is 20.8 Å². The maximum atomic E-state index is 12.0. The molecule has 0 atom stereocenters. The molecule has 1 aromatic carbocycles. The van der Waals surface area contributed by atoms with Crippen molar-refractivity contribution >= 4 is 6.09 Å². The molecule has 0 N–H and O–H groups in total. The number of hydrogen-bond donors (Lipinski definition) is 0. The second-order valence-corrected chi connectivity index (χ2v) is 7.78. The van der Waals surface area contributed by atoms with Crippen LogP contribution in [0.15, 0.2) is 30.3 Å². The van der Waals surface area contributed by atoms with Crippen LogP contribution in [0, 0.1) is 0 Å². The van der Waals surface area contributed by atoms with E-state index < -0.39 is 5.60 Å². The molecule has 1 aliphatic heterocycles. The van der Waals surface area contributed by atoms with E-state index in [4.69, 9.17) is 14.2 Å². The topological polar surface area (TPSA) is 48.0 Å². The van der Waals surface area contributed by atoms with Gasteiger partial charge in [0.25, 0.3) is 0 Å². The van der Waals surface area contributed by atoms with Crippen LogP contribution in [0.5, 0.6) is 0 Å². The van der Waals surface area contributed by atoms with Gasteiger partial charge in [0.15, 0.2) is 0 Å². The number of benzene rings is 1. The lowest BCUT2D eigenvalue weighted by atomic mass is 10.1. The van der Waals surface area contributed by atoms with E-state index in [2.05, 4.69) is 12.1 Å². The Hall–Kier alpha value is -1.59. The van der Waals surface area contributed by atoms with Crippen LogP contribution in [0.4, 0.5) is 4.79 Å². The molecule has 5 heteroatoms. The standard InChI is InChI=1S/C21H33NO4/c1-21(2,3)26-20(23)22-13-11-19(12-14-22)25-16-8-7-15-24-17-18-9-5-4-6-10-18/h4-6,9-10,19H,7-8,11-17H2,1-3H3. The van der Waals surface area contributed by atoms with Gasteiger partial charge in [-0.15, -0.1) is 0 Å². The van der Waals surface area contributed by atoms with E-state index in [0.29, 0.717) is 19.7 Å². The first-order valence-electron chi connectivity index (χ1n) is 9.65. The molecule has 1 amide bonds. The fraction of sp³-hybridized carbons (Fsp3) is 0.667. The molecule has 0 saturated carbocycles. The molecule has 26 heavy (non-hydrogen) atoms. The normalized spacial score (nSPS) is 15.9. The van der Waals surface area contributed by atoms with Gasteiger partial charge in [-0.3, -0.25) is 0 Å². The van der Waals surface area contributed by atoms with Crippen molar-refractivity contribution in [2.75, 3.05) is 26.3 Å². The molecule has 146 valence electrons. The number of likely N-dealkylation sites (tertiary alicyclic amines) is 1. The van der Waals surface area contributed by atoms with E-state index in [1.807, 2.05) is 39.0 Å². The van der Waals surface area contributed by atoms with Gasteiger partial charge in [-0.25, -0.2) is 4.79 Å². The predicted molar refractivity (Wildman–Crippen MR) is 102 cm³/mol. The lowest BCUT2D eigenvalue weighted by Gasteiger charge is -2.33. The van der Waals surface area contributed by atoms with Crippen LogP contribution >= 0.6 is 0 Å². The summed E-state index contributed by atoms with van der Waals surface area (Å²) in [6.07, 6.45) is 3.79. The van der Waals surface area contributed by atoms with Gasteiger partial charge in [0.05, 0.1) is 12.7 Å². The van der Waals surface area contributed by atoms with Crippen LogP contribution in [-0.4, -0.2) is 49.0 Å². The summed E-state index contributed by atoms with van der Waals surface area (Å²) in [5, 5.41) is 0. The van der Waals surface area contributed by atoms with Crippen LogP contribution in [0.1, 0.15) is 52.0 Å². The molecular formula is C21H33NO4. The SMILES string of the molecule is CC(C)(C)OC(=O)N1CCC(OCCCCOCc2ccccc2)CC1. The number of rotatable bonds is 8. The van der Waals surface area contributed by atoms with Gasteiger partial charge in [0.1, 0.15) is 5.60 Å². The summed E-state index contributed by atoms with van der Waals surface area (Å²) >= 11 is 0. The van der Waals surface area contributed by atoms with Crippen LogP contribution in [0.2, 0.25) is 0 Å². The molecule has 0 aliphatic carbocycles. The second-order valence-electron chi connectivity index (χ2n) is 7.78. The van der Waals surface area contributed by atoms with Gasteiger partial charge in [0, 0.05) is 26.3 Å². The van der Waals surface area contributed by atoms with Crippen molar-refractivity contribution < 1.29 is 19.0 Å². The number of ether oxygens (including phenoxy) is 3. The van der Waals surface area contributed by atoms with Gasteiger partial charge in [-0.05, 0) is 52.0 Å². The second kappa shape index (κ2) is 10.5. The Morgan fingerprint density at radius 1 is 1.08 bits per heavy atom. The smallest absolute Gasteiger partial charge is 0.410 e. The molecule has 1 aliphatic rings. The van der Waals surface area contributed by atoms with E-state index in [1.165, 1.54) is 5.56 Å². The lowest BCUT2D eigenvalue weighted by Crippen LogP contribution is -2.43. The van der Waals surface area contributed by atoms with Crippen LogP contribution < -0.4 is 0 Å². The molecule has 1 aromatic rings. The monoisotopic (exact) mass is 363 g/mol. The van der Waals surface area contributed by atoms with Crippen molar-refractivity contribution in [3.8, 4) is 0 Å². The third kappa shape index (κ3) is 8.19. The van der Waals surface area contributed by atoms with Crippen molar-refractivity contribution in [2.24, 2.45) is 0 Å². The van der Waals surface area contributed by atoms with Crippen molar-refractivity contribution in [2.45, 2.75) is 64.8 Å².